The number of hydrogen-bond acceptors (Lipinski definition) is 3. The fraction of sp³-hybridized carbons (Fsp3) is 0.500. The monoisotopic (exact) mass is 248 g/mol. The molecule has 0 radical (unpaired) electrons. The van der Waals surface area contributed by atoms with Crippen molar-refractivity contribution in [3.8, 4) is 5.75 Å². The van der Waals surface area contributed by atoms with Gasteiger partial charge in [0.1, 0.15) is 5.75 Å². The largest absolute Gasteiger partial charge is 0.497 e. The van der Waals surface area contributed by atoms with Crippen molar-refractivity contribution < 1.29 is 9.53 Å². The lowest BCUT2D eigenvalue weighted by atomic mass is 10.0. The molecule has 4 nitrogen and oxygen atoms in total. The number of methoxy groups -OCH3 is 1. The first kappa shape index (κ1) is 12.9. The number of nitrogens with one attached hydrogen (secondary N) is 1. The molecule has 2 unspecified atom stereocenters. The van der Waals surface area contributed by atoms with Crippen LogP contribution in [0.3, 0.4) is 0 Å². The van der Waals surface area contributed by atoms with Gasteiger partial charge in [-0.05, 0) is 31.0 Å². The van der Waals surface area contributed by atoms with E-state index >= 15 is 0 Å². The molecule has 2 rings (SSSR count). The summed E-state index contributed by atoms with van der Waals surface area (Å²) in [4.78, 5) is 14.1. The Balaban J connectivity index is 2.14. The molecule has 1 aromatic rings. The molecule has 0 bridgehead atoms. The minimum Gasteiger partial charge on any atom is -0.497 e. The number of likely N-dealkylation sites (N-methyl/N-ethyl adjacent to an activating group) is 1. The van der Waals surface area contributed by atoms with Gasteiger partial charge in [-0.15, -0.1) is 0 Å². The highest BCUT2D eigenvalue weighted by Gasteiger charge is 2.31. The lowest BCUT2D eigenvalue weighted by Crippen LogP contribution is -2.44. The second-order valence-electron chi connectivity index (χ2n) is 4.80. The number of carbonyl (C=O) groups excluding carboxylic acids is 1. The summed E-state index contributed by atoms with van der Waals surface area (Å²) < 4.78 is 5.18. The van der Waals surface area contributed by atoms with Gasteiger partial charge in [-0.3, -0.25) is 4.79 Å². The second kappa shape index (κ2) is 5.40. The van der Waals surface area contributed by atoms with Crippen LogP contribution < -0.4 is 15.0 Å². The molecule has 1 aromatic carbocycles. The standard InChI is InChI=1S/C14H20N2O2/c1-10-7-8-15-13(10)14(17)16(2)11-5-4-6-12(9-11)18-3/h4-6,9-10,13,15H,7-8H2,1-3H3. The van der Waals surface area contributed by atoms with E-state index < -0.39 is 0 Å². The van der Waals surface area contributed by atoms with Crippen LogP contribution in [0.5, 0.6) is 5.75 Å². The SMILES string of the molecule is COc1cccc(N(C)C(=O)C2NCCC2C)c1. The summed E-state index contributed by atoms with van der Waals surface area (Å²) in [5, 5.41) is 3.26. The molecule has 2 atom stereocenters. The van der Waals surface area contributed by atoms with Crippen molar-refractivity contribution >= 4 is 11.6 Å². The van der Waals surface area contributed by atoms with Crippen LogP contribution >= 0.6 is 0 Å². The van der Waals surface area contributed by atoms with Crippen molar-refractivity contribution in [3.63, 3.8) is 0 Å². The highest BCUT2D eigenvalue weighted by atomic mass is 16.5. The molecule has 98 valence electrons. The zero-order valence-corrected chi connectivity index (χ0v) is 11.1. The van der Waals surface area contributed by atoms with Crippen molar-refractivity contribution in [1.29, 1.82) is 0 Å². The molecule has 1 aliphatic heterocycles. The lowest BCUT2D eigenvalue weighted by Gasteiger charge is -2.23. The van der Waals surface area contributed by atoms with E-state index in [9.17, 15) is 4.79 Å². The normalized spacial score (nSPS) is 22.8. The smallest absolute Gasteiger partial charge is 0.244 e. The molecule has 1 saturated heterocycles. The van der Waals surface area contributed by atoms with Crippen molar-refractivity contribution in [2.24, 2.45) is 5.92 Å². The van der Waals surface area contributed by atoms with Crippen LogP contribution in [0, 0.1) is 5.92 Å². The second-order valence-corrected chi connectivity index (χ2v) is 4.80. The van der Waals surface area contributed by atoms with E-state index in [2.05, 4.69) is 12.2 Å². The van der Waals surface area contributed by atoms with Gasteiger partial charge in [0.15, 0.2) is 0 Å². The number of amides is 1. The lowest BCUT2D eigenvalue weighted by molar-refractivity contribution is -0.120. The zero-order chi connectivity index (χ0) is 13.1. The van der Waals surface area contributed by atoms with E-state index in [4.69, 9.17) is 4.74 Å². The van der Waals surface area contributed by atoms with E-state index in [1.165, 1.54) is 0 Å². The Morgan fingerprint density at radius 1 is 1.50 bits per heavy atom. The van der Waals surface area contributed by atoms with Crippen molar-refractivity contribution in [3.05, 3.63) is 24.3 Å². The van der Waals surface area contributed by atoms with Crippen LogP contribution in [0.4, 0.5) is 5.69 Å². The number of ether oxygens (including phenoxy) is 1. The Hall–Kier alpha value is -1.55. The summed E-state index contributed by atoms with van der Waals surface area (Å²) >= 11 is 0. The first-order valence-corrected chi connectivity index (χ1v) is 6.28. The summed E-state index contributed by atoms with van der Waals surface area (Å²) in [5.74, 6) is 1.28. The zero-order valence-electron chi connectivity index (χ0n) is 11.1. The molecule has 0 aliphatic carbocycles. The maximum atomic E-state index is 12.4. The van der Waals surface area contributed by atoms with Crippen molar-refractivity contribution in [1.82, 2.24) is 5.32 Å². The van der Waals surface area contributed by atoms with Gasteiger partial charge >= 0.3 is 0 Å². The van der Waals surface area contributed by atoms with E-state index in [-0.39, 0.29) is 11.9 Å². The first-order chi connectivity index (χ1) is 8.63. The molecule has 1 fully saturated rings. The van der Waals surface area contributed by atoms with Crippen LogP contribution in [0.2, 0.25) is 0 Å². The Labute approximate surface area is 108 Å². The Kier molecular flexibility index (Phi) is 3.87. The third kappa shape index (κ3) is 2.48. The summed E-state index contributed by atoms with van der Waals surface area (Å²) in [6.45, 7) is 3.03. The predicted molar refractivity (Wildman–Crippen MR) is 72.0 cm³/mol. The highest BCUT2D eigenvalue weighted by molar-refractivity contribution is 5.97. The summed E-state index contributed by atoms with van der Waals surface area (Å²) in [5.41, 5.74) is 0.861. The Morgan fingerprint density at radius 2 is 2.28 bits per heavy atom. The van der Waals surface area contributed by atoms with Crippen LogP contribution in [-0.4, -0.2) is 32.7 Å². The van der Waals surface area contributed by atoms with Crippen LogP contribution in [-0.2, 0) is 4.79 Å². The minimum absolute atomic E-state index is 0.0683. The highest BCUT2D eigenvalue weighted by Crippen LogP contribution is 2.23. The van der Waals surface area contributed by atoms with E-state index in [0.717, 1.165) is 24.4 Å². The predicted octanol–water partition coefficient (Wildman–Crippen LogP) is 1.66. The van der Waals surface area contributed by atoms with Gasteiger partial charge in [-0.25, -0.2) is 0 Å². The molecule has 4 heteroatoms. The van der Waals surface area contributed by atoms with Crippen LogP contribution in [0.25, 0.3) is 0 Å². The third-order valence-corrected chi connectivity index (χ3v) is 3.57. The van der Waals surface area contributed by atoms with Crippen molar-refractivity contribution in [2.75, 3.05) is 25.6 Å². The van der Waals surface area contributed by atoms with E-state index in [1.807, 2.05) is 31.3 Å². The molecule has 0 spiro atoms. The number of nitrogens with zero attached hydrogens (tertiary/aromatic N) is 1. The molecule has 18 heavy (non-hydrogen) atoms. The number of carbonyl (C=O) groups is 1. The molecular formula is C14H20N2O2. The number of anilines is 1. The maximum Gasteiger partial charge on any atom is 0.244 e. The van der Waals surface area contributed by atoms with Gasteiger partial charge in [0.05, 0.1) is 13.2 Å². The fourth-order valence-corrected chi connectivity index (χ4v) is 2.32. The summed E-state index contributed by atoms with van der Waals surface area (Å²) in [6.07, 6.45) is 1.06. The fourth-order valence-electron chi connectivity index (χ4n) is 2.32. The van der Waals surface area contributed by atoms with Gasteiger partial charge < -0.3 is 15.0 Å². The number of rotatable bonds is 3. The first-order valence-electron chi connectivity index (χ1n) is 6.28. The third-order valence-electron chi connectivity index (χ3n) is 3.57. The quantitative estimate of drug-likeness (QED) is 0.884. The van der Waals surface area contributed by atoms with Gasteiger partial charge in [-0.1, -0.05) is 13.0 Å². The molecule has 0 aromatic heterocycles. The average Bonchev–Trinajstić information content (AvgIpc) is 2.83. The summed E-state index contributed by atoms with van der Waals surface area (Å²) in [7, 11) is 3.44. The van der Waals surface area contributed by atoms with E-state index in [0.29, 0.717) is 5.92 Å². The molecular weight excluding hydrogens is 228 g/mol. The Morgan fingerprint density at radius 3 is 2.89 bits per heavy atom. The van der Waals surface area contributed by atoms with Gasteiger partial charge in [0.2, 0.25) is 5.91 Å². The molecule has 1 heterocycles. The van der Waals surface area contributed by atoms with Gasteiger partial charge in [0, 0.05) is 18.8 Å². The van der Waals surface area contributed by atoms with Crippen LogP contribution in [0.15, 0.2) is 24.3 Å². The number of benzene rings is 1. The van der Waals surface area contributed by atoms with Crippen LogP contribution in [0.1, 0.15) is 13.3 Å². The molecule has 1 aliphatic rings. The topological polar surface area (TPSA) is 41.6 Å². The van der Waals surface area contributed by atoms with Gasteiger partial charge in [-0.2, -0.15) is 0 Å². The molecule has 0 saturated carbocycles. The van der Waals surface area contributed by atoms with Gasteiger partial charge in [0.25, 0.3) is 0 Å². The van der Waals surface area contributed by atoms with Crippen molar-refractivity contribution in [2.45, 2.75) is 19.4 Å². The molecule has 1 N–H and O–H groups in total. The Bertz CT molecular complexity index is 434. The minimum atomic E-state index is -0.0683. The number of hydrogen-bond donors (Lipinski definition) is 1. The summed E-state index contributed by atoms with van der Waals surface area (Å²) in [6, 6.07) is 7.49. The average molecular weight is 248 g/mol. The van der Waals surface area contributed by atoms with E-state index in [1.54, 1.807) is 12.0 Å². The molecule has 1 amide bonds. The maximum absolute atomic E-state index is 12.4.